The number of amides is 2. The van der Waals surface area contributed by atoms with Crippen molar-refractivity contribution in [2.24, 2.45) is 11.7 Å². The first-order valence-corrected chi connectivity index (χ1v) is 11.7. The van der Waals surface area contributed by atoms with Gasteiger partial charge in [-0.1, -0.05) is 29.8 Å². The fraction of sp³-hybridized carbons (Fsp3) is 0.259. The minimum atomic E-state index is -0.526. The molecule has 1 aliphatic heterocycles. The maximum Gasteiger partial charge on any atom is 0.309 e. The van der Waals surface area contributed by atoms with E-state index in [1.807, 2.05) is 42.2 Å². The summed E-state index contributed by atoms with van der Waals surface area (Å²) in [5.41, 5.74) is 7.20. The Balaban J connectivity index is 1.25. The zero-order chi connectivity index (χ0) is 25.5. The SMILES string of the molecule is Cc1ccc(Oc2ccccc2NC(=O)COC(=O)C2CCN(c3ccc(C(N)=O)cn3)CC2)cc1. The number of aryl methyl sites for hydroxylation is 1. The third kappa shape index (κ3) is 6.38. The highest BCUT2D eigenvalue weighted by Crippen LogP contribution is 2.29. The van der Waals surface area contributed by atoms with E-state index in [0.717, 1.165) is 11.4 Å². The average molecular weight is 489 g/mol. The number of rotatable bonds is 8. The van der Waals surface area contributed by atoms with Crippen molar-refractivity contribution < 1.29 is 23.9 Å². The van der Waals surface area contributed by atoms with Gasteiger partial charge in [0.2, 0.25) is 5.91 Å². The Morgan fingerprint density at radius 1 is 1.03 bits per heavy atom. The normalized spacial score (nSPS) is 13.6. The predicted octanol–water partition coefficient (Wildman–Crippen LogP) is 3.68. The molecule has 2 amide bonds. The van der Waals surface area contributed by atoms with Crippen molar-refractivity contribution in [3.63, 3.8) is 0 Å². The van der Waals surface area contributed by atoms with E-state index in [4.69, 9.17) is 15.2 Å². The Morgan fingerprint density at radius 2 is 1.75 bits per heavy atom. The van der Waals surface area contributed by atoms with Crippen molar-refractivity contribution in [3.8, 4) is 11.5 Å². The summed E-state index contributed by atoms with van der Waals surface area (Å²) in [6.45, 7) is 2.83. The molecule has 1 aliphatic rings. The van der Waals surface area contributed by atoms with Gasteiger partial charge >= 0.3 is 5.97 Å². The van der Waals surface area contributed by atoms with Gasteiger partial charge in [0.1, 0.15) is 11.6 Å². The van der Waals surface area contributed by atoms with E-state index in [9.17, 15) is 14.4 Å². The highest BCUT2D eigenvalue weighted by molar-refractivity contribution is 5.94. The van der Waals surface area contributed by atoms with E-state index < -0.39 is 17.8 Å². The molecule has 1 aromatic heterocycles. The first-order chi connectivity index (χ1) is 17.4. The second-order valence-electron chi connectivity index (χ2n) is 8.60. The van der Waals surface area contributed by atoms with E-state index >= 15 is 0 Å². The van der Waals surface area contributed by atoms with E-state index in [2.05, 4.69) is 10.3 Å². The number of nitrogens with zero attached hydrogens (tertiary/aromatic N) is 2. The molecule has 0 radical (unpaired) electrons. The molecule has 0 atom stereocenters. The van der Waals surface area contributed by atoms with Gasteiger partial charge in [-0.05, 0) is 56.2 Å². The molecule has 1 fully saturated rings. The van der Waals surface area contributed by atoms with Crippen LogP contribution in [0.5, 0.6) is 11.5 Å². The zero-order valence-electron chi connectivity index (χ0n) is 20.0. The highest BCUT2D eigenvalue weighted by Gasteiger charge is 2.27. The number of nitrogens with two attached hydrogens (primary N) is 1. The number of hydrogen-bond acceptors (Lipinski definition) is 7. The number of pyridine rings is 1. The quantitative estimate of drug-likeness (QED) is 0.464. The van der Waals surface area contributed by atoms with Crippen LogP contribution in [0.1, 0.15) is 28.8 Å². The van der Waals surface area contributed by atoms with Gasteiger partial charge < -0.3 is 25.4 Å². The number of anilines is 2. The number of carbonyl (C=O) groups is 3. The number of nitrogens with one attached hydrogen (secondary N) is 1. The summed E-state index contributed by atoms with van der Waals surface area (Å²) in [7, 11) is 0. The lowest BCUT2D eigenvalue weighted by Gasteiger charge is -2.31. The van der Waals surface area contributed by atoms with Crippen molar-refractivity contribution in [1.29, 1.82) is 0 Å². The molecule has 3 N–H and O–H groups in total. The number of benzene rings is 2. The summed E-state index contributed by atoms with van der Waals surface area (Å²) in [4.78, 5) is 42.5. The van der Waals surface area contributed by atoms with Crippen molar-refractivity contribution in [3.05, 3.63) is 78.0 Å². The molecular weight excluding hydrogens is 460 g/mol. The van der Waals surface area contributed by atoms with Crippen LogP contribution in [-0.4, -0.2) is 42.5 Å². The Morgan fingerprint density at radius 3 is 2.42 bits per heavy atom. The Hall–Kier alpha value is -4.40. The molecule has 2 aromatic carbocycles. The fourth-order valence-electron chi connectivity index (χ4n) is 3.90. The summed E-state index contributed by atoms with van der Waals surface area (Å²) in [6, 6.07) is 18.0. The van der Waals surface area contributed by atoms with Crippen LogP contribution >= 0.6 is 0 Å². The number of ether oxygens (including phenoxy) is 2. The summed E-state index contributed by atoms with van der Waals surface area (Å²) < 4.78 is 11.2. The van der Waals surface area contributed by atoms with Crippen molar-refractivity contribution in [1.82, 2.24) is 4.98 Å². The molecule has 0 unspecified atom stereocenters. The van der Waals surface area contributed by atoms with Crippen LogP contribution in [0.4, 0.5) is 11.5 Å². The standard InChI is InChI=1S/C27H28N4O5/c1-18-6-9-21(10-7-18)36-23-5-3-2-4-22(23)30-25(32)17-35-27(34)19-12-14-31(15-13-19)24-11-8-20(16-29-24)26(28)33/h2-11,16,19H,12-15,17H2,1H3,(H2,28,33)(H,30,32). The number of hydrogen-bond donors (Lipinski definition) is 2. The third-order valence-electron chi connectivity index (χ3n) is 5.94. The van der Waals surface area contributed by atoms with Gasteiger partial charge in [0.05, 0.1) is 17.2 Å². The summed E-state index contributed by atoms with van der Waals surface area (Å²) in [6.07, 6.45) is 2.60. The first-order valence-electron chi connectivity index (χ1n) is 11.7. The molecule has 2 heterocycles. The molecule has 9 nitrogen and oxygen atoms in total. The molecule has 0 saturated carbocycles. The third-order valence-corrected chi connectivity index (χ3v) is 5.94. The lowest BCUT2D eigenvalue weighted by atomic mass is 9.97. The molecular formula is C27H28N4O5. The number of esters is 1. The van der Waals surface area contributed by atoms with Crippen LogP contribution in [0.2, 0.25) is 0 Å². The average Bonchev–Trinajstić information content (AvgIpc) is 2.90. The molecule has 36 heavy (non-hydrogen) atoms. The van der Waals surface area contributed by atoms with Crippen LogP contribution in [0.15, 0.2) is 66.9 Å². The second-order valence-corrected chi connectivity index (χ2v) is 8.60. The van der Waals surface area contributed by atoms with Crippen LogP contribution in [0.25, 0.3) is 0 Å². The van der Waals surface area contributed by atoms with Gasteiger partial charge in [0.25, 0.3) is 5.91 Å². The lowest BCUT2D eigenvalue weighted by Crippen LogP contribution is -2.38. The Bertz CT molecular complexity index is 1220. The van der Waals surface area contributed by atoms with Crippen LogP contribution in [0.3, 0.4) is 0 Å². The molecule has 3 aromatic rings. The molecule has 0 bridgehead atoms. The van der Waals surface area contributed by atoms with Gasteiger partial charge in [0.15, 0.2) is 12.4 Å². The number of aromatic nitrogens is 1. The van der Waals surface area contributed by atoms with Crippen molar-refractivity contribution in [2.45, 2.75) is 19.8 Å². The van der Waals surface area contributed by atoms with Crippen molar-refractivity contribution in [2.75, 3.05) is 29.9 Å². The van der Waals surface area contributed by atoms with Crippen molar-refractivity contribution >= 4 is 29.3 Å². The summed E-state index contributed by atoms with van der Waals surface area (Å²) in [5, 5.41) is 2.75. The van der Waals surface area contributed by atoms with Gasteiger partial charge in [-0.2, -0.15) is 0 Å². The molecule has 0 spiro atoms. The molecule has 0 aliphatic carbocycles. The zero-order valence-corrected chi connectivity index (χ0v) is 20.0. The first kappa shape index (κ1) is 24.7. The van der Waals surface area contributed by atoms with Gasteiger partial charge in [-0.15, -0.1) is 0 Å². The van der Waals surface area contributed by atoms with Crippen LogP contribution in [0, 0.1) is 12.8 Å². The fourth-order valence-corrected chi connectivity index (χ4v) is 3.90. The largest absolute Gasteiger partial charge is 0.455 e. The smallest absolute Gasteiger partial charge is 0.309 e. The van der Waals surface area contributed by atoms with Crippen LogP contribution < -0.4 is 20.7 Å². The molecule has 186 valence electrons. The number of primary amides is 1. The highest BCUT2D eigenvalue weighted by atomic mass is 16.5. The van der Waals surface area contributed by atoms with Crippen LogP contribution in [-0.2, 0) is 14.3 Å². The van der Waals surface area contributed by atoms with Gasteiger partial charge in [-0.25, -0.2) is 4.98 Å². The molecule has 9 heteroatoms. The van der Waals surface area contributed by atoms with E-state index in [-0.39, 0.29) is 12.5 Å². The maximum atomic E-state index is 12.5. The van der Waals surface area contributed by atoms with E-state index in [1.165, 1.54) is 6.20 Å². The number of para-hydroxylation sites is 2. The number of carbonyl (C=O) groups excluding carboxylic acids is 3. The van der Waals surface area contributed by atoms with E-state index in [0.29, 0.717) is 48.7 Å². The Kier molecular flexibility index (Phi) is 7.79. The number of piperidine rings is 1. The summed E-state index contributed by atoms with van der Waals surface area (Å²) >= 11 is 0. The Labute approximate surface area is 209 Å². The summed E-state index contributed by atoms with van der Waals surface area (Å²) in [5.74, 6) is 0.200. The maximum absolute atomic E-state index is 12.5. The minimum Gasteiger partial charge on any atom is -0.455 e. The topological polar surface area (TPSA) is 124 Å². The van der Waals surface area contributed by atoms with Gasteiger partial charge in [0, 0.05) is 19.3 Å². The minimum absolute atomic E-state index is 0.295. The molecule has 1 saturated heterocycles. The van der Waals surface area contributed by atoms with E-state index in [1.54, 1.807) is 30.3 Å². The second kappa shape index (κ2) is 11.4. The van der Waals surface area contributed by atoms with Gasteiger partial charge in [-0.3, -0.25) is 14.4 Å². The monoisotopic (exact) mass is 488 g/mol. The lowest BCUT2D eigenvalue weighted by molar-refractivity contribution is -0.152. The molecule has 4 rings (SSSR count). The predicted molar refractivity (Wildman–Crippen MR) is 135 cm³/mol.